The lowest BCUT2D eigenvalue weighted by Crippen LogP contribution is -2.03. The first-order valence-corrected chi connectivity index (χ1v) is 4.82. The summed E-state index contributed by atoms with van der Waals surface area (Å²) in [5, 5.41) is 8.65. The summed E-state index contributed by atoms with van der Waals surface area (Å²) in [5.41, 5.74) is 1.93. The fourth-order valence-corrected chi connectivity index (χ4v) is 1.62. The van der Waals surface area contributed by atoms with E-state index < -0.39 is 7.37 Å². The number of rotatable bonds is 2. The van der Waals surface area contributed by atoms with Gasteiger partial charge in [0.05, 0.1) is 5.30 Å². The molecule has 0 saturated carbocycles. The maximum Gasteiger partial charge on any atom is 0.330 e. The molecule has 1 aromatic rings. The van der Waals surface area contributed by atoms with Gasteiger partial charge in [-0.05, 0) is 17.8 Å². The van der Waals surface area contributed by atoms with Gasteiger partial charge in [-0.1, -0.05) is 18.2 Å². The van der Waals surface area contributed by atoms with E-state index in [1.165, 1.54) is 12.1 Å². The number of terminal acetylenes is 1. The van der Waals surface area contributed by atoms with Gasteiger partial charge < -0.3 is 0 Å². The fraction of sp³-hybridized carbons (Fsp3) is 0. The highest BCUT2D eigenvalue weighted by Gasteiger charge is 2.22. The minimum absolute atomic E-state index is 0.315. The zero-order chi connectivity index (χ0) is 9.03. The normalized spacial score (nSPS) is 14.7. The van der Waals surface area contributed by atoms with E-state index in [1.807, 2.05) is 5.66 Å². The molecule has 1 N–H and O–H groups in total. The van der Waals surface area contributed by atoms with Gasteiger partial charge in [0.1, 0.15) is 0 Å². The van der Waals surface area contributed by atoms with Crippen LogP contribution in [0, 0.1) is 12.1 Å². The highest BCUT2D eigenvalue weighted by atomic mass is 31.2. The van der Waals surface area contributed by atoms with Crippen LogP contribution in [0.4, 0.5) is 0 Å². The third-order valence-corrected chi connectivity index (χ3v) is 2.93. The molecule has 0 aliphatic carbocycles. The van der Waals surface area contributed by atoms with Gasteiger partial charge >= 0.3 is 7.37 Å². The van der Waals surface area contributed by atoms with Crippen LogP contribution in [-0.2, 0) is 9.24 Å². The molecule has 0 heterocycles. The Labute approximate surface area is 70.4 Å². The van der Waals surface area contributed by atoms with E-state index in [4.69, 9.17) is 11.7 Å². The molecule has 1 rings (SSSR count). The third kappa shape index (κ3) is 1.57. The third-order valence-electron chi connectivity index (χ3n) is 1.38. The number of benzene rings is 1. The predicted octanol–water partition coefficient (Wildman–Crippen LogP) is 1.67. The summed E-state index contributed by atoms with van der Waals surface area (Å²) in [6.07, 6.45) is 4.95. The molecule has 0 aromatic heterocycles. The molecule has 0 amide bonds. The first kappa shape index (κ1) is 9.02. The highest BCUT2D eigenvalue weighted by Crippen LogP contribution is 2.42. The van der Waals surface area contributed by atoms with E-state index in [1.54, 1.807) is 18.2 Å². The molecule has 1 aromatic carbocycles. The molecule has 0 saturated heterocycles. The van der Waals surface area contributed by atoms with E-state index in [-0.39, 0.29) is 0 Å². The maximum atomic E-state index is 11.4. The second-order valence-electron chi connectivity index (χ2n) is 2.10. The SMILES string of the molecule is C#CP(=O)(OO)c1ccccc1. The minimum atomic E-state index is -3.45. The Hall–Kier alpha value is -1.07. The van der Waals surface area contributed by atoms with Crippen LogP contribution in [0.1, 0.15) is 0 Å². The summed E-state index contributed by atoms with van der Waals surface area (Å²) < 4.78 is 15.2. The standard InChI is InChI=1S/C8H7O3P/c1-2-12(10,11-9)8-6-4-3-5-7-8/h1,3-7,9H. The highest BCUT2D eigenvalue weighted by molar-refractivity contribution is 7.71. The molecule has 0 radical (unpaired) electrons. The lowest BCUT2D eigenvalue weighted by atomic mass is 10.4. The summed E-state index contributed by atoms with van der Waals surface area (Å²) >= 11 is 0. The Morgan fingerprint density at radius 3 is 2.42 bits per heavy atom. The van der Waals surface area contributed by atoms with Crippen molar-refractivity contribution in [1.82, 2.24) is 0 Å². The van der Waals surface area contributed by atoms with Gasteiger partial charge in [0, 0.05) is 0 Å². The van der Waals surface area contributed by atoms with E-state index in [9.17, 15) is 4.57 Å². The molecule has 0 fully saturated rings. The molecule has 12 heavy (non-hydrogen) atoms. The summed E-state index contributed by atoms with van der Waals surface area (Å²) in [4.78, 5) is 0. The maximum absolute atomic E-state index is 11.4. The van der Waals surface area contributed by atoms with Crippen molar-refractivity contribution >= 4 is 12.7 Å². The first-order valence-electron chi connectivity index (χ1n) is 3.19. The molecular weight excluding hydrogens is 175 g/mol. The van der Waals surface area contributed by atoms with Crippen molar-refractivity contribution in [3.05, 3.63) is 30.3 Å². The van der Waals surface area contributed by atoms with Gasteiger partial charge in [0.15, 0.2) is 0 Å². The van der Waals surface area contributed by atoms with Gasteiger partial charge in [-0.2, -0.15) is 4.67 Å². The second kappa shape index (κ2) is 3.55. The summed E-state index contributed by atoms with van der Waals surface area (Å²) in [6, 6.07) is 8.16. The monoisotopic (exact) mass is 182 g/mol. The number of hydrogen-bond acceptors (Lipinski definition) is 3. The largest absolute Gasteiger partial charge is 0.330 e. The van der Waals surface area contributed by atoms with Crippen LogP contribution >= 0.6 is 7.37 Å². The Balaban J connectivity index is 3.15. The lowest BCUT2D eigenvalue weighted by molar-refractivity contribution is -0.131. The summed E-state index contributed by atoms with van der Waals surface area (Å²) in [5.74, 6) is 0. The molecule has 62 valence electrons. The Morgan fingerprint density at radius 2 is 2.00 bits per heavy atom. The van der Waals surface area contributed by atoms with Gasteiger partial charge in [0.2, 0.25) is 0 Å². The first-order chi connectivity index (χ1) is 5.73. The molecule has 0 aliphatic heterocycles. The summed E-state index contributed by atoms with van der Waals surface area (Å²) in [6.45, 7) is 0. The molecule has 0 spiro atoms. The van der Waals surface area contributed by atoms with Crippen LogP contribution in [-0.4, -0.2) is 5.26 Å². The van der Waals surface area contributed by atoms with Gasteiger partial charge in [-0.15, -0.1) is 6.42 Å². The molecular formula is C8H7O3P. The Bertz CT molecular complexity index is 339. The smallest absolute Gasteiger partial charge is 0.271 e. The predicted molar refractivity (Wildman–Crippen MR) is 46.2 cm³/mol. The Kier molecular flexibility index (Phi) is 2.67. The van der Waals surface area contributed by atoms with Crippen LogP contribution in [0.5, 0.6) is 0 Å². The second-order valence-corrected chi connectivity index (χ2v) is 4.14. The Morgan fingerprint density at radius 1 is 1.42 bits per heavy atom. The van der Waals surface area contributed by atoms with Crippen molar-refractivity contribution in [1.29, 1.82) is 0 Å². The van der Waals surface area contributed by atoms with Crippen molar-refractivity contribution < 1.29 is 14.5 Å². The van der Waals surface area contributed by atoms with Crippen LogP contribution in [0.2, 0.25) is 0 Å². The fourth-order valence-electron chi connectivity index (χ4n) is 0.769. The van der Waals surface area contributed by atoms with E-state index >= 15 is 0 Å². The molecule has 4 heteroatoms. The molecule has 1 atom stereocenters. The van der Waals surface area contributed by atoms with Crippen molar-refractivity contribution in [2.45, 2.75) is 0 Å². The van der Waals surface area contributed by atoms with Crippen molar-refractivity contribution in [3.8, 4) is 12.1 Å². The molecule has 1 unspecified atom stereocenters. The van der Waals surface area contributed by atoms with E-state index in [0.29, 0.717) is 5.30 Å². The van der Waals surface area contributed by atoms with Crippen LogP contribution in [0.25, 0.3) is 0 Å². The quantitative estimate of drug-likeness (QED) is 0.327. The van der Waals surface area contributed by atoms with E-state index in [2.05, 4.69) is 4.67 Å². The number of hydrogen-bond donors (Lipinski definition) is 1. The lowest BCUT2D eigenvalue weighted by Gasteiger charge is -2.05. The minimum Gasteiger partial charge on any atom is -0.271 e. The van der Waals surface area contributed by atoms with Gasteiger partial charge in [-0.25, -0.2) is 5.26 Å². The van der Waals surface area contributed by atoms with Crippen LogP contribution in [0.15, 0.2) is 30.3 Å². The van der Waals surface area contributed by atoms with E-state index in [0.717, 1.165) is 0 Å². The topological polar surface area (TPSA) is 46.5 Å². The molecule has 0 aliphatic rings. The average molecular weight is 182 g/mol. The van der Waals surface area contributed by atoms with Crippen LogP contribution < -0.4 is 5.30 Å². The van der Waals surface area contributed by atoms with Gasteiger partial charge in [-0.3, -0.25) is 4.57 Å². The zero-order valence-electron chi connectivity index (χ0n) is 6.18. The van der Waals surface area contributed by atoms with Crippen molar-refractivity contribution in [3.63, 3.8) is 0 Å². The molecule has 3 nitrogen and oxygen atoms in total. The zero-order valence-corrected chi connectivity index (χ0v) is 7.07. The average Bonchev–Trinajstić information content (AvgIpc) is 2.18. The summed E-state index contributed by atoms with van der Waals surface area (Å²) in [7, 11) is -3.45. The van der Waals surface area contributed by atoms with Crippen LogP contribution in [0.3, 0.4) is 0 Å². The van der Waals surface area contributed by atoms with Gasteiger partial charge in [0.25, 0.3) is 0 Å². The van der Waals surface area contributed by atoms with Crippen molar-refractivity contribution in [2.24, 2.45) is 0 Å². The molecule has 0 bridgehead atoms. The van der Waals surface area contributed by atoms with Crippen molar-refractivity contribution in [2.75, 3.05) is 0 Å².